The topological polar surface area (TPSA) is 76.2 Å². The van der Waals surface area contributed by atoms with Crippen LogP contribution in [-0.2, 0) is 13.6 Å². The van der Waals surface area contributed by atoms with E-state index in [4.69, 9.17) is 4.52 Å². The molecule has 0 spiro atoms. The van der Waals surface area contributed by atoms with E-state index in [9.17, 15) is 4.79 Å². The molecule has 1 saturated carbocycles. The van der Waals surface area contributed by atoms with Crippen molar-refractivity contribution in [2.24, 2.45) is 13.0 Å². The summed E-state index contributed by atoms with van der Waals surface area (Å²) in [6.45, 7) is 4.82. The normalized spacial score (nSPS) is 24.4. The van der Waals surface area contributed by atoms with Crippen molar-refractivity contribution in [3.05, 3.63) is 35.5 Å². The molecular weight excluding hydrogens is 306 g/mol. The van der Waals surface area contributed by atoms with Crippen LogP contribution in [-0.4, -0.2) is 44.9 Å². The van der Waals surface area contributed by atoms with Gasteiger partial charge in [-0.15, -0.1) is 0 Å². The van der Waals surface area contributed by atoms with Crippen molar-refractivity contribution in [2.75, 3.05) is 13.1 Å². The van der Waals surface area contributed by atoms with Gasteiger partial charge in [0.25, 0.3) is 5.91 Å². The fraction of sp³-hybridized carbons (Fsp3) is 0.588. The molecule has 2 atom stereocenters. The lowest BCUT2D eigenvalue weighted by Crippen LogP contribution is -2.40. The largest absolute Gasteiger partial charge is 0.360 e. The van der Waals surface area contributed by atoms with Gasteiger partial charge in [0.2, 0.25) is 0 Å². The molecule has 1 amide bonds. The molecule has 7 heteroatoms. The first-order chi connectivity index (χ1) is 11.6. The summed E-state index contributed by atoms with van der Waals surface area (Å²) < 4.78 is 7.17. The summed E-state index contributed by atoms with van der Waals surface area (Å²) in [4.78, 5) is 14.8. The van der Waals surface area contributed by atoms with E-state index in [2.05, 4.69) is 27.4 Å². The van der Waals surface area contributed by atoms with Gasteiger partial charge in [0.05, 0.1) is 5.69 Å². The Labute approximate surface area is 141 Å². The molecule has 2 aromatic rings. The van der Waals surface area contributed by atoms with E-state index in [0.29, 0.717) is 17.5 Å². The molecule has 1 aliphatic carbocycles. The van der Waals surface area contributed by atoms with E-state index in [1.807, 2.05) is 24.0 Å². The van der Waals surface area contributed by atoms with E-state index in [0.717, 1.165) is 38.2 Å². The van der Waals surface area contributed by atoms with Crippen molar-refractivity contribution in [3.8, 4) is 0 Å². The number of nitrogens with zero attached hydrogens (tertiary/aromatic N) is 4. The smallest absolute Gasteiger partial charge is 0.273 e. The highest BCUT2D eigenvalue weighted by molar-refractivity contribution is 5.92. The summed E-state index contributed by atoms with van der Waals surface area (Å²) in [6.07, 6.45) is 4.09. The van der Waals surface area contributed by atoms with E-state index in [1.165, 1.54) is 5.69 Å². The maximum Gasteiger partial charge on any atom is 0.273 e. The number of carbonyl (C=O) groups is 1. The molecule has 2 aromatic heterocycles. The van der Waals surface area contributed by atoms with Crippen molar-refractivity contribution < 1.29 is 9.32 Å². The van der Waals surface area contributed by atoms with Crippen LogP contribution < -0.4 is 5.32 Å². The van der Waals surface area contributed by atoms with Gasteiger partial charge in [-0.25, -0.2) is 0 Å². The fourth-order valence-electron chi connectivity index (χ4n) is 3.37. The van der Waals surface area contributed by atoms with Crippen LogP contribution in [0.5, 0.6) is 0 Å². The molecule has 0 aromatic carbocycles. The molecule has 0 bridgehead atoms. The van der Waals surface area contributed by atoms with E-state index >= 15 is 0 Å². The number of nitrogens with one attached hydrogen (secondary N) is 1. The lowest BCUT2D eigenvalue weighted by molar-refractivity contribution is 0.0922. The summed E-state index contributed by atoms with van der Waals surface area (Å²) in [6, 6.07) is 3.96. The van der Waals surface area contributed by atoms with Gasteiger partial charge in [0.15, 0.2) is 5.69 Å². The molecule has 1 N–H and O–H groups in total. The molecule has 1 aliphatic heterocycles. The Balaban J connectivity index is 1.35. The van der Waals surface area contributed by atoms with E-state index in [1.54, 1.807) is 6.07 Å². The van der Waals surface area contributed by atoms with Crippen LogP contribution in [0.2, 0.25) is 0 Å². The third kappa shape index (κ3) is 3.08. The molecule has 1 saturated heterocycles. The number of likely N-dealkylation sites (tertiary alicyclic amines) is 1. The third-order valence-corrected chi connectivity index (χ3v) is 5.05. The summed E-state index contributed by atoms with van der Waals surface area (Å²) in [5.41, 5.74) is 1.58. The predicted octanol–water partition coefficient (Wildman–Crippen LogP) is 1.54. The van der Waals surface area contributed by atoms with E-state index in [-0.39, 0.29) is 11.9 Å². The van der Waals surface area contributed by atoms with E-state index < -0.39 is 0 Å². The highest BCUT2D eigenvalue weighted by Crippen LogP contribution is 2.40. The van der Waals surface area contributed by atoms with Gasteiger partial charge in [0, 0.05) is 50.9 Å². The van der Waals surface area contributed by atoms with Gasteiger partial charge in [-0.1, -0.05) is 12.1 Å². The van der Waals surface area contributed by atoms with Crippen LogP contribution >= 0.6 is 0 Å². The van der Waals surface area contributed by atoms with Crippen molar-refractivity contribution in [1.29, 1.82) is 0 Å². The minimum Gasteiger partial charge on any atom is -0.360 e. The number of hydrogen-bond donors (Lipinski definition) is 1. The van der Waals surface area contributed by atoms with Crippen LogP contribution in [0.1, 0.15) is 47.6 Å². The number of amides is 1. The predicted molar refractivity (Wildman–Crippen MR) is 87.4 cm³/mol. The number of carbonyl (C=O) groups excluding carboxylic acids is 1. The second kappa shape index (κ2) is 6.05. The second-order valence-corrected chi connectivity index (χ2v) is 7.09. The molecular formula is C17H23N5O2. The molecule has 2 fully saturated rings. The monoisotopic (exact) mass is 329 g/mol. The number of hydrogen-bond acceptors (Lipinski definition) is 5. The van der Waals surface area contributed by atoms with Gasteiger partial charge >= 0.3 is 0 Å². The second-order valence-electron chi connectivity index (χ2n) is 7.09. The summed E-state index contributed by atoms with van der Waals surface area (Å²) in [7, 11) is 1.95. The Bertz CT molecular complexity index is 733. The zero-order valence-electron chi connectivity index (χ0n) is 14.1. The number of rotatable bonds is 5. The SMILES string of the molecule is CC1CN(Cc2ccnn2C)CC1NC(=O)c1cc(C2CC2)on1. The Morgan fingerprint density at radius 2 is 2.25 bits per heavy atom. The minimum atomic E-state index is -0.134. The molecule has 7 nitrogen and oxygen atoms in total. The number of aryl methyl sites for hydroxylation is 1. The first kappa shape index (κ1) is 15.4. The first-order valence-electron chi connectivity index (χ1n) is 8.57. The average molecular weight is 329 g/mol. The van der Waals surface area contributed by atoms with Crippen LogP contribution in [0.3, 0.4) is 0 Å². The maximum atomic E-state index is 12.4. The van der Waals surface area contributed by atoms with Gasteiger partial charge in [-0.3, -0.25) is 14.4 Å². The standard InChI is InChI=1S/C17H23N5O2/c1-11-8-22(9-13-5-6-18-21(13)2)10-15(11)19-17(23)14-7-16(24-20-14)12-3-4-12/h5-7,11-12,15H,3-4,8-10H2,1-2H3,(H,19,23). The molecule has 4 rings (SSSR count). The lowest BCUT2D eigenvalue weighted by Gasteiger charge is -2.16. The molecule has 24 heavy (non-hydrogen) atoms. The highest BCUT2D eigenvalue weighted by Gasteiger charge is 2.33. The van der Waals surface area contributed by atoms with Gasteiger partial charge in [-0.2, -0.15) is 5.10 Å². The Kier molecular flexibility index (Phi) is 3.88. The summed E-state index contributed by atoms with van der Waals surface area (Å²) >= 11 is 0. The fourth-order valence-corrected chi connectivity index (χ4v) is 3.37. The average Bonchev–Trinajstić information content (AvgIpc) is 2.98. The van der Waals surface area contributed by atoms with Crippen LogP contribution in [0.15, 0.2) is 22.9 Å². The summed E-state index contributed by atoms with van der Waals surface area (Å²) in [5.74, 6) is 1.58. The quantitative estimate of drug-likeness (QED) is 0.900. The third-order valence-electron chi connectivity index (χ3n) is 5.05. The van der Waals surface area contributed by atoms with Crippen molar-refractivity contribution >= 4 is 5.91 Å². The van der Waals surface area contributed by atoms with Crippen molar-refractivity contribution in [1.82, 2.24) is 25.2 Å². The molecule has 2 unspecified atom stereocenters. The Hall–Kier alpha value is -2.15. The lowest BCUT2D eigenvalue weighted by atomic mass is 10.1. The highest BCUT2D eigenvalue weighted by atomic mass is 16.5. The Morgan fingerprint density at radius 3 is 2.96 bits per heavy atom. The molecule has 0 radical (unpaired) electrons. The zero-order chi connectivity index (χ0) is 16.7. The Morgan fingerprint density at radius 1 is 1.42 bits per heavy atom. The van der Waals surface area contributed by atoms with Gasteiger partial charge < -0.3 is 9.84 Å². The van der Waals surface area contributed by atoms with Crippen LogP contribution in [0.4, 0.5) is 0 Å². The molecule has 3 heterocycles. The molecule has 128 valence electrons. The van der Waals surface area contributed by atoms with Gasteiger partial charge in [0.1, 0.15) is 5.76 Å². The van der Waals surface area contributed by atoms with Crippen LogP contribution in [0.25, 0.3) is 0 Å². The van der Waals surface area contributed by atoms with Crippen LogP contribution in [0, 0.1) is 5.92 Å². The summed E-state index contributed by atoms with van der Waals surface area (Å²) in [5, 5.41) is 11.2. The maximum absolute atomic E-state index is 12.4. The zero-order valence-corrected chi connectivity index (χ0v) is 14.1. The first-order valence-corrected chi connectivity index (χ1v) is 8.57. The minimum absolute atomic E-state index is 0.131. The van der Waals surface area contributed by atoms with Crippen molar-refractivity contribution in [2.45, 2.75) is 38.3 Å². The molecule has 2 aliphatic rings. The van der Waals surface area contributed by atoms with Crippen molar-refractivity contribution in [3.63, 3.8) is 0 Å². The van der Waals surface area contributed by atoms with Gasteiger partial charge in [-0.05, 0) is 24.8 Å². The number of aromatic nitrogens is 3.